The van der Waals surface area contributed by atoms with E-state index in [0.717, 1.165) is 16.9 Å². The zero-order valence-corrected chi connectivity index (χ0v) is 12.3. The molecule has 5 heteroatoms. The van der Waals surface area contributed by atoms with Crippen molar-refractivity contribution in [3.8, 4) is 0 Å². The molecule has 0 amide bonds. The van der Waals surface area contributed by atoms with Crippen molar-refractivity contribution in [2.24, 2.45) is 0 Å². The zero-order valence-electron chi connectivity index (χ0n) is 11.5. The van der Waals surface area contributed by atoms with E-state index in [2.05, 4.69) is 10.3 Å². The molecule has 0 fully saturated rings. The molecule has 0 aliphatic carbocycles. The van der Waals surface area contributed by atoms with Crippen molar-refractivity contribution < 1.29 is 4.39 Å². The number of hydrogen-bond donors (Lipinski definition) is 1. The van der Waals surface area contributed by atoms with Gasteiger partial charge < -0.3 is 10.2 Å². The van der Waals surface area contributed by atoms with Crippen LogP contribution in [-0.4, -0.2) is 19.1 Å². The smallest absolute Gasteiger partial charge is 0.128 e. The monoisotopic (exact) mass is 293 g/mol. The number of halogens is 2. The molecule has 0 aliphatic heterocycles. The minimum atomic E-state index is -0.225. The van der Waals surface area contributed by atoms with Crippen LogP contribution in [-0.2, 0) is 13.1 Å². The van der Waals surface area contributed by atoms with Crippen LogP contribution < -0.4 is 10.2 Å². The standard InChI is InChI=1S/C15H17ClFN3/c1-18-8-12-7-15(19-9-14(12)16)20(2)10-11-3-5-13(17)6-4-11/h3-7,9,18H,8,10H2,1-2H3. The predicted octanol–water partition coefficient (Wildman–Crippen LogP) is 3.23. The minimum absolute atomic E-state index is 0.225. The zero-order chi connectivity index (χ0) is 14.5. The highest BCUT2D eigenvalue weighted by Crippen LogP contribution is 2.21. The first-order valence-corrected chi connectivity index (χ1v) is 6.72. The van der Waals surface area contributed by atoms with Crippen molar-refractivity contribution >= 4 is 17.4 Å². The van der Waals surface area contributed by atoms with E-state index in [1.165, 1.54) is 12.1 Å². The van der Waals surface area contributed by atoms with Crippen LogP contribution in [0.4, 0.5) is 10.2 Å². The van der Waals surface area contributed by atoms with Crippen LogP contribution in [0.5, 0.6) is 0 Å². The number of nitrogens with one attached hydrogen (secondary N) is 1. The second-order valence-electron chi connectivity index (χ2n) is 4.65. The Morgan fingerprint density at radius 3 is 2.65 bits per heavy atom. The fraction of sp³-hybridized carbons (Fsp3) is 0.267. The first kappa shape index (κ1) is 14.8. The molecule has 1 aromatic heterocycles. The van der Waals surface area contributed by atoms with Crippen LogP contribution in [0.3, 0.4) is 0 Å². The largest absolute Gasteiger partial charge is 0.355 e. The number of hydrogen-bond acceptors (Lipinski definition) is 3. The summed E-state index contributed by atoms with van der Waals surface area (Å²) in [5.41, 5.74) is 2.03. The molecule has 0 saturated carbocycles. The van der Waals surface area contributed by atoms with Gasteiger partial charge in [-0.15, -0.1) is 0 Å². The molecule has 0 saturated heterocycles. The van der Waals surface area contributed by atoms with Crippen LogP contribution in [0.15, 0.2) is 36.5 Å². The molecule has 2 rings (SSSR count). The van der Waals surface area contributed by atoms with Gasteiger partial charge in [-0.05, 0) is 36.4 Å². The Balaban J connectivity index is 2.14. The Morgan fingerprint density at radius 1 is 1.30 bits per heavy atom. The van der Waals surface area contributed by atoms with Gasteiger partial charge in [0.05, 0.1) is 5.02 Å². The highest BCUT2D eigenvalue weighted by molar-refractivity contribution is 6.31. The maximum absolute atomic E-state index is 12.9. The van der Waals surface area contributed by atoms with Gasteiger partial charge in [0, 0.05) is 26.3 Å². The third-order valence-electron chi connectivity index (χ3n) is 3.01. The fourth-order valence-corrected chi connectivity index (χ4v) is 2.12. The molecule has 0 bridgehead atoms. The summed E-state index contributed by atoms with van der Waals surface area (Å²) < 4.78 is 12.9. The average Bonchev–Trinajstić information content (AvgIpc) is 2.44. The van der Waals surface area contributed by atoms with E-state index in [9.17, 15) is 4.39 Å². The van der Waals surface area contributed by atoms with Gasteiger partial charge >= 0.3 is 0 Å². The first-order chi connectivity index (χ1) is 9.60. The van der Waals surface area contributed by atoms with Crippen molar-refractivity contribution in [3.05, 3.63) is 58.5 Å². The van der Waals surface area contributed by atoms with Gasteiger partial charge in [0.25, 0.3) is 0 Å². The molecule has 20 heavy (non-hydrogen) atoms. The Hall–Kier alpha value is -1.65. The van der Waals surface area contributed by atoms with E-state index in [0.29, 0.717) is 18.1 Å². The molecule has 0 unspecified atom stereocenters. The lowest BCUT2D eigenvalue weighted by molar-refractivity contribution is 0.627. The lowest BCUT2D eigenvalue weighted by Gasteiger charge is -2.19. The Kier molecular flexibility index (Phi) is 4.93. The maximum atomic E-state index is 12.9. The Labute approximate surface area is 123 Å². The summed E-state index contributed by atoms with van der Waals surface area (Å²) in [6.45, 7) is 1.35. The molecule has 106 valence electrons. The highest BCUT2D eigenvalue weighted by atomic mass is 35.5. The SMILES string of the molecule is CNCc1cc(N(C)Cc2ccc(F)cc2)ncc1Cl. The second-order valence-corrected chi connectivity index (χ2v) is 5.05. The number of anilines is 1. The van der Waals surface area contributed by atoms with Crippen molar-refractivity contribution in [3.63, 3.8) is 0 Å². The predicted molar refractivity (Wildman–Crippen MR) is 80.5 cm³/mol. The van der Waals surface area contributed by atoms with Crippen LogP contribution >= 0.6 is 11.6 Å². The van der Waals surface area contributed by atoms with E-state index in [4.69, 9.17) is 11.6 Å². The molecule has 3 nitrogen and oxygen atoms in total. The molecule has 0 radical (unpaired) electrons. The fourth-order valence-electron chi connectivity index (χ4n) is 1.95. The number of nitrogens with zero attached hydrogens (tertiary/aromatic N) is 2. The molecule has 0 spiro atoms. The van der Waals surface area contributed by atoms with Crippen LogP contribution in [0, 0.1) is 5.82 Å². The number of aromatic nitrogens is 1. The van der Waals surface area contributed by atoms with E-state index >= 15 is 0 Å². The Bertz CT molecular complexity index is 572. The number of rotatable bonds is 5. The molecular weight excluding hydrogens is 277 g/mol. The van der Waals surface area contributed by atoms with Crippen molar-refractivity contribution in [2.45, 2.75) is 13.1 Å². The van der Waals surface area contributed by atoms with Crippen LogP contribution in [0.25, 0.3) is 0 Å². The topological polar surface area (TPSA) is 28.2 Å². The summed E-state index contributed by atoms with van der Waals surface area (Å²) in [5, 5.41) is 3.73. The van der Waals surface area contributed by atoms with Gasteiger partial charge in [0.2, 0.25) is 0 Å². The van der Waals surface area contributed by atoms with Gasteiger partial charge in [-0.1, -0.05) is 23.7 Å². The van der Waals surface area contributed by atoms with Crippen molar-refractivity contribution in [2.75, 3.05) is 19.0 Å². The third kappa shape index (κ3) is 3.68. The summed E-state index contributed by atoms with van der Waals surface area (Å²) in [5.74, 6) is 0.612. The molecule has 0 aliphatic rings. The van der Waals surface area contributed by atoms with Gasteiger partial charge in [-0.2, -0.15) is 0 Å². The van der Waals surface area contributed by atoms with E-state index in [-0.39, 0.29) is 5.82 Å². The van der Waals surface area contributed by atoms with Crippen LogP contribution in [0.2, 0.25) is 5.02 Å². The Morgan fingerprint density at radius 2 is 2.00 bits per heavy atom. The summed E-state index contributed by atoms with van der Waals surface area (Å²) in [6.07, 6.45) is 1.66. The summed E-state index contributed by atoms with van der Waals surface area (Å²) in [6, 6.07) is 8.44. The third-order valence-corrected chi connectivity index (χ3v) is 3.35. The summed E-state index contributed by atoms with van der Waals surface area (Å²) in [4.78, 5) is 6.33. The van der Waals surface area contributed by atoms with E-state index in [1.807, 2.05) is 25.1 Å². The quantitative estimate of drug-likeness (QED) is 0.917. The molecule has 1 heterocycles. The van der Waals surface area contributed by atoms with Gasteiger partial charge in [-0.3, -0.25) is 0 Å². The van der Waals surface area contributed by atoms with Gasteiger partial charge in [0.15, 0.2) is 0 Å². The average molecular weight is 294 g/mol. The molecule has 2 aromatic rings. The maximum Gasteiger partial charge on any atom is 0.128 e. The van der Waals surface area contributed by atoms with E-state index in [1.54, 1.807) is 18.3 Å². The lowest BCUT2D eigenvalue weighted by atomic mass is 10.2. The number of benzene rings is 1. The molecular formula is C15H17ClFN3. The van der Waals surface area contributed by atoms with E-state index < -0.39 is 0 Å². The number of pyridine rings is 1. The molecule has 0 atom stereocenters. The highest BCUT2D eigenvalue weighted by Gasteiger charge is 2.07. The summed E-state index contributed by atoms with van der Waals surface area (Å²) in [7, 11) is 3.82. The van der Waals surface area contributed by atoms with Gasteiger partial charge in [0.1, 0.15) is 11.6 Å². The van der Waals surface area contributed by atoms with Crippen molar-refractivity contribution in [1.82, 2.24) is 10.3 Å². The minimum Gasteiger partial charge on any atom is -0.355 e. The lowest BCUT2D eigenvalue weighted by Crippen LogP contribution is -2.18. The van der Waals surface area contributed by atoms with Crippen LogP contribution in [0.1, 0.15) is 11.1 Å². The van der Waals surface area contributed by atoms with Gasteiger partial charge in [-0.25, -0.2) is 9.37 Å². The molecule has 1 aromatic carbocycles. The first-order valence-electron chi connectivity index (χ1n) is 6.34. The molecule has 1 N–H and O–H groups in total. The second kappa shape index (κ2) is 6.68. The normalized spacial score (nSPS) is 10.6. The summed E-state index contributed by atoms with van der Waals surface area (Å²) >= 11 is 6.09. The van der Waals surface area contributed by atoms with Crippen molar-refractivity contribution in [1.29, 1.82) is 0 Å².